The minimum absolute atomic E-state index is 0.00505. The lowest BCUT2D eigenvalue weighted by atomic mass is 10.2. The Bertz CT molecular complexity index is 426. The third-order valence-corrected chi connectivity index (χ3v) is 2.05. The molecule has 0 heterocycles. The van der Waals surface area contributed by atoms with Crippen molar-refractivity contribution in [1.29, 1.82) is 0 Å². The van der Waals surface area contributed by atoms with E-state index in [1.807, 2.05) is 6.92 Å². The summed E-state index contributed by atoms with van der Waals surface area (Å²) in [7, 11) is 0. The number of hydrogen-bond acceptors (Lipinski definition) is 1. The van der Waals surface area contributed by atoms with Gasteiger partial charge in [0.15, 0.2) is 0 Å². The maximum atomic E-state index is 12.4. The Morgan fingerprint density at radius 2 is 2.06 bits per heavy atom. The van der Waals surface area contributed by atoms with Gasteiger partial charge in [-0.25, -0.2) is 0 Å². The van der Waals surface area contributed by atoms with Gasteiger partial charge in [-0.15, -0.1) is 5.92 Å². The van der Waals surface area contributed by atoms with Crippen LogP contribution >= 0.6 is 0 Å². The van der Waals surface area contributed by atoms with Gasteiger partial charge in [-0.05, 0) is 32.0 Å². The Labute approximate surface area is 98.6 Å². The maximum Gasteiger partial charge on any atom is 0.416 e. The van der Waals surface area contributed by atoms with Crippen LogP contribution in [0.1, 0.15) is 19.4 Å². The highest BCUT2D eigenvalue weighted by Crippen LogP contribution is 2.31. The molecule has 1 aromatic rings. The van der Waals surface area contributed by atoms with Gasteiger partial charge in [0.2, 0.25) is 0 Å². The lowest BCUT2D eigenvalue weighted by Crippen LogP contribution is -2.08. The molecular weight excluding hydrogens is 229 g/mol. The predicted octanol–water partition coefficient (Wildman–Crippen LogP) is 3.74. The predicted molar refractivity (Wildman–Crippen MR) is 59.6 cm³/mol. The number of halogens is 3. The van der Waals surface area contributed by atoms with Crippen molar-refractivity contribution in [2.24, 2.45) is 5.92 Å². The molecule has 0 bridgehead atoms. The van der Waals surface area contributed by atoms with Crippen LogP contribution in [0.4, 0.5) is 13.2 Å². The van der Waals surface area contributed by atoms with Crippen LogP contribution in [0.5, 0.6) is 5.75 Å². The molecule has 92 valence electrons. The van der Waals surface area contributed by atoms with E-state index < -0.39 is 11.7 Å². The van der Waals surface area contributed by atoms with Crippen LogP contribution in [0.25, 0.3) is 0 Å². The zero-order valence-electron chi connectivity index (χ0n) is 9.64. The fourth-order valence-electron chi connectivity index (χ4n) is 1.27. The molecule has 1 aromatic carbocycles. The first-order valence-electron chi connectivity index (χ1n) is 5.16. The van der Waals surface area contributed by atoms with Crippen LogP contribution in [0.2, 0.25) is 0 Å². The van der Waals surface area contributed by atoms with Crippen molar-refractivity contribution in [1.82, 2.24) is 0 Å². The summed E-state index contributed by atoms with van der Waals surface area (Å²) in [5.41, 5.74) is -0.704. The Balaban J connectivity index is 2.69. The van der Waals surface area contributed by atoms with E-state index in [-0.39, 0.29) is 18.3 Å². The minimum Gasteiger partial charge on any atom is -0.492 e. The highest BCUT2D eigenvalue weighted by molar-refractivity contribution is 5.30. The second kappa shape index (κ2) is 5.62. The standard InChI is InChI=1S/C13H13F3O/c1-3-5-10(2)9-17-12-7-4-6-11(8-12)13(14,15)16/h4,6-8,10H,9H2,1-2H3. The minimum atomic E-state index is -4.34. The molecule has 1 nitrogen and oxygen atoms in total. The molecule has 0 aliphatic carbocycles. The van der Waals surface area contributed by atoms with Crippen molar-refractivity contribution in [3.8, 4) is 17.6 Å². The smallest absolute Gasteiger partial charge is 0.416 e. The van der Waals surface area contributed by atoms with E-state index in [9.17, 15) is 13.2 Å². The Hall–Kier alpha value is -1.63. The van der Waals surface area contributed by atoms with Crippen LogP contribution in [0.3, 0.4) is 0 Å². The van der Waals surface area contributed by atoms with Gasteiger partial charge < -0.3 is 4.74 Å². The van der Waals surface area contributed by atoms with Crippen molar-refractivity contribution < 1.29 is 17.9 Å². The largest absolute Gasteiger partial charge is 0.492 e. The molecule has 0 saturated carbocycles. The maximum absolute atomic E-state index is 12.4. The number of rotatable bonds is 3. The Kier molecular flexibility index (Phi) is 4.45. The van der Waals surface area contributed by atoms with E-state index in [1.165, 1.54) is 12.1 Å². The summed E-state index contributed by atoms with van der Waals surface area (Å²) in [5.74, 6) is 5.80. The molecule has 0 amide bonds. The van der Waals surface area contributed by atoms with Crippen LogP contribution in [-0.2, 0) is 6.18 Å². The average molecular weight is 242 g/mol. The third kappa shape index (κ3) is 4.39. The molecule has 0 radical (unpaired) electrons. The van der Waals surface area contributed by atoms with E-state index in [1.54, 1.807) is 6.92 Å². The normalized spacial score (nSPS) is 12.5. The van der Waals surface area contributed by atoms with Crippen molar-refractivity contribution in [3.05, 3.63) is 29.8 Å². The summed E-state index contributed by atoms with van der Waals surface area (Å²) in [4.78, 5) is 0. The zero-order chi connectivity index (χ0) is 12.9. The number of alkyl halides is 3. The second-order valence-corrected chi connectivity index (χ2v) is 3.63. The van der Waals surface area contributed by atoms with Crippen LogP contribution < -0.4 is 4.74 Å². The fraction of sp³-hybridized carbons (Fsp3) is 0.385. The van der Waals surface area contributed by atoms with Crippen molar-refractivity contribution >= 4 is 0 Å². The number of ether oxygens (including phenoxy) is 1. The molecule has 0 spiro atoms. The van der Waals surface area contributed by atoms with Crippen molar-refractivity contribution in [2.75, 3.05) is 6.61 Å². The van der Waals surface area contributed by atoms with Crippen LogP contribution in [0.15, 0.2) is 24.3 Å². The fourth-order valence-corrected chi connectivity index (χ4v) is 1.27. The van der Waals surface area contributed by atoms with Gasteiger partial charge in [-0.3, -0.25) is 0 Å². The summed E-state index contributed by atoms with van der Waals surface area (Å²) in [6.07, 6.45) is -4.34. The monoisotopic (exact) mass is 242 g/mol. The lowest BCUT2D eigenvalue weighted by Gasteiger charge is -2.11. The molecule has 0 aliphatic heterocycles. The quantitative estimate of drug-likeness (QED) is 0.733. The SMILES string of the molecule is CC#CC(C)COc1cccc(C(F)(F)F)c1. The van der Waals surface area contributed by atoms with Crippen molar-refractivity contribution in [3.63, 3.8) is 0 Å². The Morgan fingerprint density at radius 1 is 1.35 bits per heavy atom. The van der Waals surface area contributed by atoms with Crippen molar-refractivity contribution in [2.45, 2.75) is 20.0 Å². The number of hydrogen-bond donors (Lipinski definition) is 0. The molecule has 1 atom stereocenters. The molecule has 0 aliphatic rings. The first kappa shape index (κ1) is 13.4. The summed E-state index contributed by atoms with van der Waals surface area (Å²) >= 11 is 0. The molecule has 0 aromatic heterocycles. The molecule has 0 fully saturated rings. The topological polar surface area (TPSA) is 9.23 Å². The summed E-state index contributed by atoms with van der Waals surface area (Å²) in [5, 5.41) is 0. The molecule has 4 heteroatoms. The lowest BCUT2D eigenvalue weighted by molar-refractivity contribution is -0.137. The zero-order valence-corrected chi connectivity index (χ0v) is 9.64. The van der Waals surface area contributed by atoms with Gasteiger partial charge >= 0.3 is 6.18 Å². The summed E-state index contributed by atoms with van der Waals surface area (Å²) < 4.78 is 42.5. The average Bonchev–Trinajstić information content (AvgIpc) is 2.26. The third-order valence-electron chi connectivity index (χ3n) is 2.05. The van der Waals surface area contributed by atoms with E-state index >= 15 is 0 Å². The van der Waals surface area contributed by atoms with Gasteiger partial charge in [-0.1, -0.05) is 12.0 Å². The Morgan fingerprint density at radius 3 is 2.65 bits per heavy atom. The number of benzene rings is 1. The van der Waals surface area contributed by atoms with E-state index in [4.69, 9.17) is 4.74 Å². The van der Waals surface area contributed by atoms with E-state index in [2.05, 4.69) is 11.8 Å². The molecular formula is C13H13F3O. The molecule has 1 rings (SSSR count). The molecule has 0 N–H and O–H groups in total. The van der Waals surface area contributed by atoms with Gasteiger partial charge in [0.05, 0.1) is 11.5 Å². The highest BCUT2D eigenvalue weighted by atomic mass is 19.4. The van der Waals surface area contributed by atoms with Gasteiger partial charge in [0.1, 0.15) is 12.4 Å². The van der Waals surface area contributed by atoms with E-state index in [0.717, 1.165) is 12.1 Å². The molecule has 17 heavy (non-hydrogen) atoms. The summed E-state index contributed by atoms with van der Waals surface area (Å²) in [6.45, 7) is 3.84. The highest BCUT2D eigenvalue weighted by Gasteiger charge is 2.30. The first-order chi connectivity index (χ1) is 7.93. The van der Waals surface area contributed by atoms with Crippen LogP contribution in [-0.4, -0.2) is 6.61 Å². The van der Waals surface area contributed by atoms with E-state index in [0.29, 0.717) is 0 Å². The van der Waals surface area contributed by atoms with Gasteiger partial charge in [0.25, 0.3) is 0 Å². The molecule has 0 saturated heterocycles. The molecule has 1 unspecified atom stereocenters. The first-order valence-corrected chi connectivity index (χ1v) is 5.16. The van der Waals surface area contributed by atoms with Gasteiger partial charge in [0, 0.05) is 0 Å². The summed E-state index contributed by atoms with van der Waals surface area (Å²) in [6, 6.07) is 4.84. The van der Waals surface area contributed by atoms with Crippen LogP contribution in [0, 0.1) is 17.8 Å². The van der Waals surface area contributed by atoms with Gasteiger partial charge in [-0.2, -0.15) is 13.2 Å². The second-order valence-electron chi connectivity index (χ2n) is 3.63.